The van der Waals surface area contributed by atoms with Gasteiger partial charge in [-0.15, -0.1) is 0 Å². The molecule has 0 radical (unpaired) electrons. The maximum Gasteiger partial charge on any atom is 0.414 e. The molecule has 1 heterocycles. The van der Waals surface area contributed by atoms with Crippen LogP contribution in [0.3, 0.4) is 0 Å². The van der Waals surface area contributed by atoms with Gasteiger partial charge in [0.2, 0.25) is 0 Å². The van der Waals surface area contributed by atoms with E-state index in [1.807, 2.05) is 0 Å². The van der Waals surface area contributed by atoms with Gasteiger partial charge >= 0.3 is 12.1 Å². The lowest BCUT2D eigenvalue weighted by molar-refractivity contribution is 0.0544. The lowest BCUT2D eigenvalue weighted by Gasteiger charge is -2.20. The van der Waals surface area contributed by atoms with Crippen LogP contribution in [0.25, 0.3) is 0 Å². The summed E-state index contributed by atoms with van der Waals surface area (Å²) in [6, 6.07) is 13.0. The average molecular weight is 369 g/mol. The number of carbonyl (C=O) groups is 2. The van der Waals surface area contributed by atoms with Crippen LogP contribution in [0.1, 0.15) is 22.8 Å². The molecule has 0 bridgehead atoms. The van der Waals surface area contributed by atoms with Crippen molar-refractivity contribution in [3.8, 4) is 5.75 Å². The van der Waals surface area contributed by atoms with Crippen LogP contribution in [0.5, 0.6) is 5.75 Å². The molecule has 1 saturated heterocycles. The van der Waals surface area contributed by atoms with E-state index >= 15 is 0 Å². The van der Waals surface area contributed by atoms with Crippen molar-refractivity contribution in [3.05, 3.63) is 59.7 Å². The number of nitrogens with one attached hydrogen (secondary N) is 1. The highest BCUT2D eigenvalue weighted by Crippen LogP contribution is 2.26. The van der Waals surface area contributed by atoms with Crippen LogP contribution in [-0.2, 0) is 4.74 Å². The molecule has 1 fully saturated rings. The number of amides is 1. The first-order valence-corrected chi connectivity index (χ1v) is 8.28. The molecular formula is C19H19N3O5. The van der Waals surface area contributed by atoms with E-state index in [1.165, 1.54) is 11.0 Å². The van der Waals surface area contributed by atoms with E-state index in [2.05, 4.69) is 0 Å². The van der Waals surface area contributed by atoms with Crippen LogP contribution in [0.2, 0.25) is 0 Å². The van der Waals surface area contributed by atoms with Crippen molar-refractivity contribution in [1.82, 2.24) is 0 Å². The van der Waals surface area contributed by atoms with Crippen molar-refractivity contribution in [3.63, 3.8) is 0 Å². The first-order chi connectivity index (χ1) is 12.9. The molecule has 2 aromatic rings. The van der Waals surface area contributed by atoms with Crippen LogP contribution < -0.4 is 15.4 Å². The molecule has 0 spiro atoms. The van der Waals surface area contributed by atoms with E-state index in [0.29, 0.717) is 11.3 Å². The van der Waals surface area contributed by atoms with Crippen LogP contribution in [-0.4, -0.2) is 41.8 Å². The van der Waals surface area contributed by atoms with E-state index in [9.17, 15) is 14.7 Å². The van der Waals surface area contributed by atoms with Gasteiger partial charge in [-0.3, -0.25) is 10.3 Å². The Labute approximate surface area is 155 Å². The number of nitrogens with zero attached hydrogens (tertiary/aromatic N) is 1. The van der Waals surface area contributed by atoms with Gasteiger partial charge in [0.05, 0.1) is 6.54 Å². The Morgan fingerprint density at radius 2 is 1.96 bits per heavy atom. The third-order valence-electron chi connectivity index (χ3n) is 4.28. The van der Waals surface area contributed by atoms with Gasteiger partial charge in [-0.25, -0.2) is 9.59 Å². The summed E-state index contributed by atoms with van der Waals surface area (Å²) < 4.78 is 11.1. The minimum absolute atomic E-state index is 0.0466. The zero-order valence-corrected chi connectivity index (χ0v) is 14.6. The third-order valence-corrected chi connectivity index (χ3v) is 4.28. The molecule has 8 nitrogen and oxygen atoms in total. The second-order valence-corrected chi connectivity index (χ2v) is 6.12. The average Bonchev–Trinajstić information content (AvgIpc) is 3.04. The molecule has 2 unspecified atom stereocenters. The smallest absolute Gasteiger partial charge is 0.414 e. The fraction of sp³-hybridized carbons (Fsp3) is 0.211. The van der Waals surface area contributed by atoms with E-state index < -0.39 is 24.3 Å². The number of carboxylic acid groups (broad SMARTS) is 1. The Morgan fingerprint density at radius 1 is 1.30 bits per heavy atom. The molecule has 1 aliphatic heterocycles. The predicted molar refractivity (Wildman–Crippen MR) is 98.6 cm³/mol. The van der Waals surface area contributed by atoms with E-state index in [4.69, 9.17) is 20.6 Å². The molecule has 0 aromatic heterocycles. The number of aromatic carboxylic acids is 1. The molecule has 27 heavy (non-hydrogen) atoms. The quantitative estimate of drug-likeness (QED) is 0.530. The predicted octanol–water partition coefficient (Wildman–Crippen LogP) is 2.46. The number of carboxylic acids is 1. The third kappa shape index (κ3) is 3.84. The molecule has 1 aliphatic rings. The summed E-state index contributed by atoms with van der Waals surface area (Å²) in [7, 11) is 0. The van der Waals surface area contributed by atoms with Gasteiger partial charge in [0, 0.05) is 11.3 Å². The second-order valence-electron chi connectivity index (χ2n) is 6.12. The number of nitrogens with two attached hydrogens (primary N) is 1. The second kappa shape index (κ2) is 7.36. The molecule has 3 rings (SSSR count). The zero-order valence-electron chi connectivity index (χ0n) is 14.6. The number of hydrogen-bond donors (Lipinski definition) is 3. The zero-order chi connectivity index (χ0) is 19.6. The summed E-state index contributed by atoms with van der Waals surface area (Å²) in [5.74, 6) is -0.922. The van der Waals surface area contributed by atoms with Gasteiger partial charge in [-0.2, -0.15) is 0 Å². The first-order valence-electron chi connectivity index (χ1n) is 8.28. The normalized spacial score (nSPS) is 17.3. The minimum atomic E-state index is -1.09. The van der Waals surface area contributed by atoms with Crippen LogP contribution in [0.4, 0.5) is 10.5 Å². The number of amidine groups is 1. The van der Waals surface area contributed by atoms with Crippen molar-refractivity contribution >= 4 is 23.6 Å². The van der Waals surface area contributed by atoms with Gasteiger partial charge in [0.1, 0.15) is 23.3 Å². The number of benzene rings is 2. The molecule has 1 amide bonds. The summed E-state index contributed by atoms with van der Waals surface area (Å²) in [5, 5.41) is 16.7. The van der Waals surface area contributed by atoms with Crippen molar-refractivity contribution in [2.45, 2.75) is 19.1 Å². The SMILES string of the molecule is CC(Oc1ccccc1C(=O)O)C1CN(c2ccc(C(=N)N)cc2)C(=O)O1. The number of carbonyl (C=O) groups excluding carboxylic acids is 1. The number of hydrogen-bond acceptors (Lipinski definition) is 5. The monoisotopic (exact) mass is 369 g/mol. The number of para-hydroxylation sites is 1. The maximum atomic E-state index is 12.2. The van der Waals surface area contributed by atoms with E-state index in [1.54, 1.807) is 49.4 Å². The molecule has 4 N–H and O–H groups in total. The van der Waals surface area contributed by atoms with Gasteiger partial charge in [-0.1, -0.05) is 12.1 Å². The van der Waals surface area contributed by atoms with E-state index in [-0.39, 0.29) is 23.7 Å². The number of rotatable bonds is 6. The molecule has 8 heteroatoms. The van der Waals surface area contributed by atoms with Gasteiger partial charge in [0.25, 0.3) is 0 Å². The summed E-state index contributed by atoms with van der Waals surface area (Å²) >= 11 is 0. The minimum Gasteiger partial charge on any atom is -0.486 e. The summed E-state index contributed by atoms with van der Waals surface area (Å²) in [4.78, 5) is 25.0. The Bertz CT molecular complexity index is 881. The number of cyclic esters (lactones) is 1. The van der Waals surface area contributed by atoms with Gasteiger partial charge < -0.3 is 20.3 Å². The molecular weight excluding hydrogens is 350 g/mol. The lowest BCUT2D eigenvalue weighted by atomic mass is 10.1. The number of anilines is 1. The Hall–Kier alpha value is -3.55. The molecule has 140 valence electrons. The highest BCUT2D eigenvalue weighted by Gasteiger charge is 2.37. The van der Waals surface area contributed by atoms with Crippen molar-refractivity contribution in [2.24, 2.45) is 5.73 Å². The van der Waals surface area contributed by atoms with Gasteiger partial charge in [-0.05, 0) is 43.3 Å². The van der Waals surface area contributed by atoms with Gasteiger partial charge in [0.15, 0.2) is 6.10 Å². The molecule has 2 atom stereocenters. The summed E-state index contributed by atoms with van der Waals surface area (Å²) in [6.07, 6.45) is -1.62. The number of ether oxygens (including phenoxy) is 2. The fourth-order valence-corrected chi connectivity index (χ4v) is 2.78. The summed E-state index contributed by atoms with van der Waals surface area (Å²) in [5.41, 5.74) is 6.66. The highest BCUT2D eigenvalue weighted by atomic mass is 16.6. The Kier molecular flexibility index (Phi) is 4.98. The fourth-order valence-electron chi connectivity index (χ4n) is 2.78. The lowest BCUT2D eigenvalue weighted by Crippen LogP contribution is -2.33. The topological polar surface area (TPSA) is 126 Å². The van der Waals surface area contributed by atoms with Crippen LogP contribution in [0, 0.1) is 5.41 Å². The first kappa shape index (κ1) is 18.2. The number of nitrogen functional groups attached to an aromatic ring is 1. The molecule has 0 saturated carbocycles. The van der Waals surface area contributed by atoms with Crippen molar-refractivity contribution in [1.29, 1.82) is 5.41 Å². The van der Waals surface area contributed by atoms with Crippen LogP contribution in [0.15, 0.2) is 48.5 Å². The summed E-state index contributed by atoms with van der Waals surface area (Å²) in [6.45, 7) is 1.98. The molecule has 2 aromatic carbocycles. The van der Waals surface area contributed by atoms with Crippen molar-refractivity contribution in [2.75, 3.05) is 11.4 Å². The van der Waals surface area contributed by atoms with E-state index in [0.717, 1.165) is 0 Å². The molecule has 0 aliphatic carbocycles. The van der Waals surface area contributed by atoms with Crippen molar-refractivity contribution < 1.29 is 24.2 Å². The highest BCUT2D eigenvalue weighted by molar-refractivity contribution is 5.96. The standard InChI is InChI=1S/C19H19N3O5/c1-11(26-15-5-3-2-4-14(15)18(23)24)16-10-22(19(25)27-16)13-8-6-12(7-9-13)17(20)21/h2-9,11,16H,10H2,1H3,(H3,20,21)(H,23,24). The Morgan fingerprint density at radius 3 is 2.59 bits per heavy atom. The Balaban J connectivity index is 1.71. The maximum absolute atomic E-state index is 12.2. The van der Waals surface area contributed by atoms with Crippen LogP contribution >= 0.6 is 0 Å². The largest absolute Gasteiger partial charge is 0.486 e.